The highest BCUT2D eigenvalue weighted by Crippen LogP contribution is 2.68. The van der Waals surface area contributed by atoms with Crippen molar-refractivity contribution in [1.82, 2.24) is 9.78 Å². The average molecular weight is 564 g/mol. The number of halogens is 1. The SMILES string of the molecule is COC[C@H]1CC[C@H]2[C@H](CC[C@]3(I)[C@@H]2CC[C@]2(C)C([C@H](C)Cn4cc(C#N)cn4)CCC[C@@H]32)C1. The lowest BCUT2D eigenvalue weighted by Crippen LogP contribution is -2.61. The number of methoxy groups -OCH3 is 1. The van der Waals surface area contributed by atoms with Gasteiger partial charge in [0, 0.05) is 29.9 Å². The van der Waals surface area contributed by atoms with Crippen LogP contribution in [0, 0.1) is 58.2 Å². The summed E-state index contributed by atoms with van der Waals surface area (Å²) in [6, 6.07) is 2.23. The van der Waals surface area contributed by atoms with Crippen LogP contribution in [0.3, 0.4) is 0 Å². The van der Waals surface area contributed by atoms with Crippen LogP contribution < -0.4 is 0 Å². The molecule has 0 radical (unpaired) electrons. The number of aromatic nitrogens is 2. The van der Waals surface area contributed by atoms with E-state index in [1.807, 2.05) is 18.0 Å². The van der Waals surface area contributed by atoms with Crippen molar-refractivity contribution in [1.29, 1.82) is 5.26 Å². The maximum absolute atomic E-state index is 9.18. The molecule has 0 amide bonds. The molecule has 5 rings (SSSR count). The molecule has 4 nitrogen and oxygen atoms in total. The number of hydrogen-bond donors (Lipinski definition) is 0. The lowest BCUT2D eigenvalue weighted by molar-refractivity contribution is -0.101. The smallest absolute Gasteiger partial charge is 0.102 e. The van der Waals surface area contributed by atoms with E-state index in [4.69, 9.17) is 4.74 Å². The Bertz CT molecular complexity index is 879. The molecular weight excluding hydrogens is 521 g/mol. The molecule has 9 atom stereocenters. The zero-order valence-electron chi connectivity index (χ0n) is 20.8. The van der Waals surface area contributed by atoms with Crippen molar-refractivity contribution in [2.24, 2.45) is 46.8 Å². The molecule has 182 valence electrons. The van der Waals surface area contributed by atoms with Crippen molar-refractivity contribution < 1.29 is 4.74 Å². The molecule has 5 heteroatoms. The van der Waals surface area contributed by atoms with Crippen LogP contribution in [-0.4, -0.2) is 26.9 Å². The summed E-state index contributed by atoms with van der Waals surface area (Å²) in [5.74, 6) is 5.85. The summed E-state index contributed by atoms with van der Waals surface area (Å²) in [5.41, 5.74) is 1.12. The molecular formula is C28H42IN3O. The van der Waals surface area contributed by atoms with E-state index in [1.54, 1.807) is 6.20 Å². The van der Waals surface area contributed by atoms with Crippen molar-refractivity contribution in [3.63, 3.8) is 0 Å². The number of fused-ring (bicyclic) bond motifs is 5. The third-order valence-corrected chi connectivity index (χ3v) is 12.8. The monoisotopic (exact) mass is 563 g/mol. The van der Waals surface area contributed by atoms with Gasteiger partial charge in [-0.15, -0.1) is 0 Å². The van der Waals surface area contributed by atoms with Gasteiger partial charge in [-0.1, -0.05) is 42.9 Å². The molecule has 4 saturated carbocycles. The van der Waals surface area contributed by atoms with Crippen LogP contribution in [0.5, 0.6) is 0 Å². The van der Waals surface area contributed by atoms with E-state index in [0.29, 0.717) is 20.3 Å². The van der Waals surface area contributed by atoms with Crippen LogP contribution in [0.25, 0.3) is 0 Å². The van der Waals surface area contributed by atoms with E-state index < -0.39 is 0 Å². The van der Waals surface area contributed by atoms with Gasteiger partial charge in [-0.25, -0.2) is 0 Å². The number of alkyl halides is 1. The fourth-order valence-corrected chi connectivity index (χ4v) is 11.5. The fourth-order valence-electron chi connectivity index (χ4n) is 9.42. The standard InChI is InChI=1S/C28H42IN3O/c1-19(16-32-17-21(14-30)15-31-32)24-5-4-6-26-27(24,2)11-10-25-23-8-7-20(18-33-3)13-22(23)9-12-28(25,26)29/h15,17,19-20,22-26H,4-13,16,18H2,1-3H3/t19-,20+,22-,23+,24?,25-,26-,27-,28+/m1/s1. The van der Waals surface area contributed by atoms with E-state index in [-0.39, 0.29) is 0 Å². The van der Waals surface area contributed by atoms with Gasteiger partial charge in [0.05, 0.1) is 11.8 Å². The molecule has 1 heterocycles. The first-order valence-electron chi connectivity index (χ1n) is 13.5. The number of hydrogen-bond acceptors (Lipinski definition) is 3. The molecule has 0 aromatic carbocycles. The zero-order chi connectivity index (χ0) is 23.2. The third-order valence-electron chi connectivity index (χ3n) is 10.7. The second-order valence-corrected chi connectivity index (χ2v) is 14.3. The van der Waals surface area contributed by atoms with E-state index in [1.165, 1.54) is 64.2 Å². The van der Waals surface area contributed by atoms with Gasteiger partial charge in [0.25, 0.3) is 0 Å². The minimum atomic E-state index is 0.445. The second-order valence-electron chi connectivity index (χ2n) is 12.3. The number of nitrogens with zero attached hydrogens (tertiary/aromatic N) is 3. The Morgan fingerprint density at radius 2 is 2.09 bits per heavy atom. The summed E-state index contributed by atoms with van der Waals surface area (Å²) >= 11 is 3.01. The van der Waals surface area contributed by atoms with Crippen LogP contribution in [0.2, 0.25) is 0 Å². The minimum Gasteiger partial charge on any atom is -0.384 e. The van der Waals surface area contributed by atoms with E-state index in [9.17, 15) is 5.26 Å². The lowest BCUT2D eigenvalue weighted by Gasteiger charge is -2.65. The molecule has 0 saturated heterocycles. The summed E-state index contributed by atoms with van der Waals surface area (Å²) in [6.45, 7) is 7.03. The molecule has 0 spiro atoms. The molecule has 4 aliphatic rings. The van der Waals surface area contributed by atoms with Gasteiger partial charge in [0.2, 0.25) is 0 Å². The Kier molecular flexibility index (Phi) is 6.90. The average Bonchev–Trinajstić information content (AvgIpc) is 3.26. The van der Waals surface area contributed by atoms with Gasteiger partial charge in [0.1, 0.15) is 6.07 Å². The maximum atomic E-state index is 9.18. The molecule has 0 N–H and O–H groups in total. The first kappa shape index (κ1) is 24.1. The predicted octanol–water partition coefficient (Wildman–Crippen LogP) is 6.87. The topological polar surface area (TPSA) is 50.8 Å². The quantitative estimate of drug-likeness (QED) is 0.290. The summed E-state index contributed by atoms with van der Waals surface area (Å²) in [6.07, 6.45) is 17.8. The molecule has 1 aromatic rings. The largest absolute Gasteiger partial charge is 0.384 e. The van der Waals surface area contributed by atoms with Crippen molar-refractivity contribution in [3.05, 3.63) is 18.0 Å². The molecule has 1 aromatic heterocycles. The highest BCUT2D eigenvalue weighted by molar-refractivity contribution is 14.1. The summed E-state index contributed by atoms with van der Waals surface area (Å²) < 4.78 is 8.05. The number of nitriles is 1. The number of rotatable bonds is 5. The number of ether oxygens (including phenoxy) is 1. The molecule has 1 unspecified atom stereocenters. The van der Waals surface area contributed by atoms with Gasteiger partial charge in [-0.05, 0) is 105 Å². The minimum absolute atomic E-state index is 0.445. The maximum Gasteiger partial charge on any atom is 0.102 e. The molecule has 4 aliphatic carbocycles. The van der Waals surface area contributed by atoms with Gasteiger partial charge in [-0.2, -0.15) is 10.4 Å². The van der Waals surface area contributed by atoms with Gasteiger partial charge < -0.3 is 4.74 Å². The third kappa shape index (κ3) is 4.20. The van der Waals surface area contributed by atoms with E-state index in [0.717, 1.165) is 48.7 Å². The lowest BCUT2D eigenvalue weighted by atomic mass is 9.44. The van der Waals surface area contributed by atoms with Crippen LogP contribution in [-0.2, 0) is 11.3 Å². The van der Waals surface area contributed by atoms with Crippen molar-refractivity contribution in [3.8, 4) is 6.07 Å². The van der Waals surface area contributed by atoms with Crippen molar-refractivity contribution >= 4 is 22.6 Å². The van der Waals surface area contributed by atoms with Gasteiger partial charge >= 0.3 is 0 Å². The molecule has 33 heavy (non-hydrogen) atoms. The fraction of sp³-hybridized carbons (Fsp3) is 0.857. The molecule has 4 fully saturated rings. The van der Waals surface area contributed by atoms with Crippen LogP contribution in [0.15, 0.2) is 12.4 Å². The highest BCUT2D eigenvalue weighted by Gasteiger charge is 2.62. The van der Waals surface area contributed by atoms with Crippen LogP contribution in [0.4, 0.5) is 0 Å². The second kappa shape index (κ2) is 9.45. The predicted molar refractivity (Wildman–Crippen MR) is 140 cm³/mol. The van der Waals surface area contributed by atoms with E-state index in [2.05, 4.69) is 47.6 Å². The summed E-state index contributed by atoms with van der Waals surface area (Å²) in [7, 11) is 1.88. The Morgan fingerprint density at radius 1 is 1.24 bits per heavy atom. The first-order chi connectivity index (χ1) is 15.9. The first-order valence-corrected chi connectivity index (χ1v) is 14.6. The molecule has 0 aliphatic heterocycles. The van der Waals surface area contributed by atoms with Gasteiger partial charge in [-0.3, -0.25) is 4.68 Å². The van der Waals surface area contributed by atoms with Gasteiger partial charge in [0.15, 0.2) is 0 Å². The summed E-state index contributed by atoms with van der Waals surface area (Å²) in [5, 5.41) is 13.7. The Balaban J connectivity index is 1.34. The van der Waals surface area contributed by atoms with E-state index >= 15 is 0 Å². The summed E-state index contributed by atoms with van der Waals surface area (Å²) in [4.78, 5) is 0. The Morgan fingerprint density at radius 3 is 2.85 bits per heavy atom. The van der Waals surface area contributed by atoms with Crippen LogP contribution in [0.1, 0.15) is 83.6 Å². The highest BCUT2D eigenvalue weighted by atomic mass is 127. The van der Waals surface area contributed by atoms with Crippen molar-refractivity contribution in [2.45, 2.75) is 88.0 Å². The Labute approximate surface area is 214 Å². The zero-order valence-corrected chi connectivity index (χ0v) is 23.0. The Hall–Kier alpha value is -0.610. The normalized spacial score (nSPS) is 43.6. The molecule has 0 bridgehead atoms. The van der Waals surface area contributed by atoms with Crippen molar-refractivity contribution in [2.75, 3.05) is 13.7 Å². The van der Waals surface area contributed by atoms with Crippen LogP contribution >= 0.6 is 22.6 Å².